The molecule has 0 bridgehead atoms. The zero-order valence-electron chi connectivity index (χ0n) is 10.4. The van der Waals surface area contributed by atoms with Crippen molar-refractivity contribution in [3.05, 3.63) is 35.6 Å². The van der Waals surface area contributed by atoms with Gasteiger partial charge in [-0.15, -0.1) is 0 Å². The minimum Gasteiger partial charge on any atom is -0.377 e. The summed E-state index contributed by atoms with van der Waals surface area (Å²) in [5, 5.41) is 3.02. The standard InChI is InChI=1S/C13H17FN2O2/c1-15-8-10-9-18-7-6-16(10)13(17)11-4-2-3-5-12(11)14/h2-5,10,15H,6-9H2,1H3. The first-order chi connectivity index (χ1) is 8.74. The second kappa shape index (κ2) is 5.93. The van der Waals surface area contributed by atoms with Crippen LogP contribution in [0.15, 0.2) is 24.3 Å². The highest BCUT2D eigenvalue weighted by Crippen LogP contribution is 2.14. The maximum Gasteiger partial charge on any atom is 0.257 e. The summed E-state index contributed by atoms with van der Waals surface area (Å²) in [6, 6.07) is 6.03. The van der Waals surface area contributed by atoms with Crippen LogP contribution in [0.3, 0.4) is 0 Å². The molecular formula is C13H17FN2O2. The van der Waals surface area contributed by atoms with E-state index in [1.807, 2.05) is 7.05 Å². The SMILES string of the molecule is CNCC1COCCN1C(=O)c1ccccc1F. The molecule has 1 aliphatic heterocycles. The van der Waals surface area contributed by atoms with Crippen molar-refractivity contribution in [2.75, 3.05) is 33.4 Å². The highest BCUT2D eigenvalue weighted by atomic mass is 19.1. The number of amides is 1. The number of carbonyl (C=O) groups excluding carboxylic acids is 1. The zero-order valence-corrected chi connectivity index (χ0v) is 10.4. The third kappa shape index (κ3) is 2.68. The Hall–Kier alpha value is -1.46. The Labute approximate surface area is 106 Å². The van der Waals surface area contributed by atoms with E-state index in [-0.39, 0.29) is 17.5 Å². The maximum atomic E-state index is 13.6. The molecule has 0 radical (unpaired) electrons. The lowest BCUT2D eigenvalue weighted by Crippen LogP contribution is -2.52. The Kier molecular flexibility index (Phi) is 4.28. The fraction of sp³-hybridized carbons (Fsp3) is 0.462. The highest BCUT2D eigenvalue weighted by Gasteiger charge is 2.28. The molecule has 4 nitrogen and oxygen atoms in total. The molecule has 1 heterocycles. The number of carbonyl (C=O) groups is 1. The van der Waals surface area contributed by atoms with Crippen LogP contribution in [-0.4, -0.2) is 50.2 Å². The zero-order chi connectivity index (χ0) is 13.0. The van der Waals surface area contributed by atoms with E-state index in [0.29, 0.717) is 26.3 Å². The first kappa shape index (κ1) is 13.0. The molecule has 2 rings (SSSR count). The maximum absolute atomic E-state index is 13.6. The fourth-order valence-electron chi connectivity index (χ4n) is 2.12. The van der Waals surface area contributed by atoms with Crippen LogP contribution in [0.1, 0.15) is 10.4 Å². The van der Waals surface area contributed by atoms with E-state index in [2.05, 4.69) is 5.32 Å². The van der Waals surface area contributed by atoms with Crippen molar-refractivity contribution >= 4 is 5.91 Å². The quantitative estimate of drug-likeness (QED) is 0.868. The number of nitrogens with one attached hydrogen (secondary N) is 1. The van der Waals surface area contributed by atoms with E-state index in [9.17, 15) is 9.18 Å². The lowest BCUT2D eigenvalue weighted by atomic mass is 10.1. The van der Waals surface area contributed by atoms with Crippen LogP contribution in [0.4, 0.5) is 4.39 Å². The van der Waals surface area contributed by atoms with Crippen LogP contribution in [0.5, 0.6) is 0 Å². The Morgan fingerprint density at radius 3 is 3.06 bits per heavy atom. The predicted octanol–water partition coefficient (Wildman–Crippen LogP) is 0.886. The second-order valence-corrected chi connectivity index (χ2v) is 4.26. The number of hydrogen-bond acceptors (Lipinski definition) is 3. The molecule has 0 spiro atoms. The van der Waals surface area contributed by atoms with Crippen molar-refractivity contribution in [1.82, 2.24) is 10.2 Å². The van der Waals surface area contributed by atoms with Crippen LogP contribution in [0.25, 0.3) is 0 Å². The van der Waals surface area contributed by atoms with E-state index in [1.165, 1.54) is 12.1 Å². The fourth-order valence-corrected chi connectivity index (χ4v) is 2.12. The van der Waals surface area contributed by atoms with Gasteiger partial charge in [0.25, 0.3) is 5.91 Å². The number of morpholine rings is 1. The number of hydrogen-bond donors (Lipinski definition) is 1. The first-order valence-corrected chi connectivity index (χ1v) is 6.02. The van der Waals surface area contributed by atoms with Crippen LogP contribution < -0.4 is 5.32 Å². The Morgan fingerprint density at radius 1 is 1.56 bits per heavy atom. The van der Waals surface area contributed by atoms with E-state index in [4.69, 9.17) is 4.74 Å². The molecule has 1 aromatic carbocycles. The average molecular weight is 252 g/mol. The summed E-state index contributed by atoms with van der Waals surface area (Å²) in [6.07, 6.45) is 0. The molecule has 1 unspecified atom stereocenters. The molecule has 98 valence electrons. The molecule has 18 heavy (non-hydrogen) atoms. The smallest absolute Gasteiger partial charge is 0.257 e. The Balaban J connectivity index is 2.18. The van der Waals surface area contributed by atoms with Crippen LogP contribution in [0, 0.1) is 5.82 Å². The molecule has 0 aromatic heterocycles. The van der Waals surface area contributed by atoms with Gasteiger partial charge in [0.1, 0.15) is 5.82 Å². The molecule has 1 aromatic rings. The van der Waals surface area contributed by atoms with Crippen LogP contribution >= 0.6 is 0 Å². The van der Waals surface area contributed by atoms with Gasteiger partial charge in [0, 0.05) is 13.1 Å². The van der Waals surface area contributed by atoms with Gasteiger partial charge in [-0.1, -0.05) is 12.1 Å². The largest absolute Gasteiger partial charge is 0.377 e. The molecule has 1 saturated heterocycles. The van der Waals surface area contributed by atoms with Crippen LogP contribution in [-0.2, 0) is 4.74 Å². The third-order valence-corrected chi connectivity index (χ3v) is 3.03. The van der Waals surface area contributed by atoms with Gasteiger partial charge >= 0.3 is 0 Å². The normalized spacial score (nSPS) is 19.9. The number of nitrogens with zero attached hydrogens (tertiary/aromatic N) is 1. The molecular weight excluding hydrogens is 235 g/mol. The number of benzene rings is 1. The van der Waals surface area contributed by atoms with E-state index < -0.39 is 5.82 Å². The topological polar surface area (TPSA) is 41.6 Å². The highest BCUT2D eigenvalue weighted by molar-refractivity contribution is 5.94. The molecule has 5 heteroatoms. The van der Waals surface area contributed by atoms with Gasteiger partial charge in [-0.2, -0.15) is 0 Å². The summed E-state index contributed by atoms with van der Waals surface area (Å²) in [5.41, 5.74) is 0.125. The van der Waals surface area contributed by atoms with Crippen molar-refractivity contribution < 1.29 is 13.9 Å². The summed E-state index contributed by atoms with van der Waals surface area (Å²) in [6.45, 7) is 2.13. The summed E-state index contributed by atoms with van der Waals surface area (Å²) in [4.78, 5) is 14.0. The van der Waals surface area contributed by atoms with Crippen molar-refractivity contribution in [2.45, 2.75) is 6.04 Å². The minimum atomic E-state index is -0.475. The second-order valence-electron chi connectivity index (χ2n) is 4.26. The number of halogens is 1. The predicted molar refractivity (Wildman–Crippen MR) is 66.0 cm³/mol. The average Bonchev–Trinajstić information content (AvgIpc) is 2.40. The number of ether oxygens (including phenoxy) is 1. The lowest BCUT2D eigenvalue weighted by Gasteiger charge is -2.35. The van der Waals surface area contributed by atoms with Gasteiger partial charge in [0.15, 0.2) is 0 Å². The molecule has 0 aliphatic carbocycles. The van der Waals surface area contributed by atoms with E-state index >= 15 is 0 Å². The lowest BCUT2D eigenvalue weighted by molar-refractivity contribution is -0.00121. The van der Waals surface area contributed by atoms with Crippen molar-refractivity contribution in [3.63, 3.8) is 0 Å². The molecule has 1 atom stereocenters. The third-order valence-electron chi connectivity index (χ3n) is 3.03. The summed E-state index contributed by atoms with van der Waals surface area (Å²) in [5.74, 6) is -0.742. The van der Waals surface area contributed by atoms with Crippen molar-refractivity contribution in [3.8, 4) is 0 Å². The number of rotatable bonds is 3. The summed E-state index contributed by atoms with van der Waals surface area (Å²) >= 11 is 0. The van der Waals surface area contributed by atoms with E-state index in [0.717, 1.165) is 0 Å². The molecule has 1 amide bonds. The van der Waals surface area contributed by atoms with Crippen molar-refractivity contribution in [1.29, 1.82) is 0 Å². The molecule has 1 fully saturated rings. The van der Waals surface area contributed by atoms with Gasteiger partial charge in [-0.25, -0.2) is 4.39 Å². The van der Waals surface area contributed by atoms with Crippen molar-refractivity contribution in [2.24, 2.45) is 0 Å². The van der Waals surface area contributed by atoms with Gasteiger partial charge in [0.2, 0.25) is 0 Å². The summed E-state index contributed by atoms with van der Waals surface area (Å²) < 4.78 is 19.0. The first-order valence-electron chi connectivity index (χ1n) is 6.02. The molecule has 1 aliphatic rings. The monoisotopic (exact) mass is 252 g/mol. The van der Waals surface area contributed by atoms with Gasteiger partial charge in [-0.3, -0.25) is 4.79 Å². The number of likely N-dealkylation sites (N-methyl/N-ethyl adjacent to an activating group) is 1. The van der Waals surface area contributed by atoms with Gasteiger partial charge in [-0.05, 0) is 19.2 Å². The van der Waals surface area contributed by atoms with E-state index in [1.54, 1.807) is 17.0 Å². The summed E-state index contributed by atoms with van der Waals surface area (Å²) in [7, 11) is 1.82. The molecule has 1 N–H and O–H groups in total. The minimum absolute atomic E-state index is 0.0455. The van der Waals surface area contributed by atoms with Gasteiger partial charge < -0.3 is 15.0 Å². The molecule has 0 saturated carbocycles. The Bertz CT molecular complexity index is 423. The Morgan fingerprint density at radius 2 is 2.33 bits per heavy atom. The van der Waals surface area contributed by atoms with Gasteiger partial charge in [0.05, 0.1) is 24.8 Å². The van der Waals surface area contributed by atoms with Crippen LogP contribution in [0.2, 0.25) is 0 Å².